The standard InChI is InChI=1S/C9H7BrO/c1-2-3-7-6-8(11)4-5-9(7)10/h1,4-6,11H,3H2. The highest BCUT2D eigenvalue weighted by atomic mass is 79.9. The van der Waals surface area contributed by atoms with Crippen molar-refractivity contribution >= 4 is 15.9 Å². The molecule has 0 fully saturated rings. The SMILES string of the molecule is C#CCc1cc(O)ccc1Br. The van der Waals surface area contributed by atoms with Crippen molar-refractivity contribution in [3.63, 3.8) is 0 Å². The Kier molecular flexibility index (Phi) is 2.56. The van der Waals surface area contributed by atoms with Crippen LogP contribution in [-0.4, -0.2) is 5.11 Å². The van der Waals surface area contributed by atoms with Gasteiger partial charge in [0.05, 0.1) is 0 Å². The summed E-state index contributed by atoms with van der Waals surface area (Å²) in [6.07, 6.45) is 5.66. The first-order valence-electron chi connectivity index (χ1n) is 3.15. The normalized spacial score (nSPS) is 9.09. The van der Waals surface area contributed by atoms with Crippen molar-refractivity contribution in [2.75, 3.05) is 0 Å². The van der Waals surface area contributed by atoms with Crippen molar-refractivity contribution in [1.82, 2.24) is 0 Å². The monoisotopic (exact) mass is 210 g/mol. The van der Waals surface area contributed by atoms with E-state index in [1.54, 1.807) is 18.2 Å². The van der Waals surface area contributed by atoms with Gasteiger partial charge >= 0.3 is 0 Å². The van der Waals surface area contributed by atoms with Crippen LogP contribution < -0.4 is 0 Å². The minimum absolute atomic E-state index is 0.249. The van der Waals surface area contributed by atoms with E-state index >= 15 is 0 Å². The summed E-state index contributed by atoms with van der Waals surface area (Å²) in [5.74, 6) is 2.76. The van der Waals surface area contributed by atoms with E-state index in [9.17, 15) is 0 Å². The molecule has 1 rings (SSSR count). The minimum atomic E-state index is 0.249. The van der Waals surface area contributed by atoms with Gasteiger partial charge in [-0.05, 0) is 23.8 Å². The second kappa shape index (κ2) is 3.45. The van der Waals surface area contributed by atoms with Crippen LogP contribution in [0, 0.1) is 12.3 Å². The summed E-state index contributed by atoms with van der Waals surface area (Å²) in [7, 11) is 0. The van der Waals surface area contributed by atoms with E-state index in [1.807, 2.05) is 0 Å². The van der Waals surface area contributed by atoms with Gasteiger partial charge in [-0.25, -0.2) is 0 Å². The van der Waals surface area contributed by atoms with Gasteiger partial charge < -0.3 is 5.11 Å². The summed E-state index contributed by atoms with van der Waals surface area (Å²) in [4.78, 5) is 0. The maximum atomic E-state index is 9.07. The Bertz CT molecular complexity index is 299. The molecule has 0 spiro atoms. The average Bonchev–Trinajstić information content (AvgIpc) is 1.98. The second-order valence-electron chi connectivity index (χ2n) is 2.16. The van der Waals surface area contributed by atoms with Crippen LogP contribution in [0.25, 0.3) is 0 Å². The first kappa shape index (κ1) is 8.16. The number of aromatic hydroxyl groups is 1. The van der Waals surface area contributed by atoms with Gasteiger partial charge in [0.1, 0.15) is 5.75 Å². The molecule has 0 aliphatic carbocycles. The van der Waals surface area contributed by atoms with Crippen LogP contribution in [-0.2, 0) is 6.42 Å². The van der Waals surface area contributed by atoms with Gasteiger partial charge in [0.15, 0.2) is 0 Å². The quantitative estimate of drug-likeness (QED) is 0.706. The fourth-order valence-electron chi connectivity index (χ4n) is 0.807. The van der Waals surface area contributed by atoms with Crippen molar-refractivity contribution in [3.05, 3.63) is 28.2 Å². The van der Waals surface area contributed by atoms with E-state index in [0.29, 0.717) is 6.42 Å². The van der Waals surface area contributed by atoms with Gasteiger partial charge in [0, 0.05) is 10.9 Å². The van der Waals surface area contributed by atoms with Crippen molar-refractivity contribution in [3.8, 4) is 18.1 Å². The third-order valence-electron chi connectivity index (χ3n) is 1.32. The molecule has 0 unspecified atom stereocenters. The van der Waals surface area contributed by atoms with Crippen molar-refractivity contribution in [1.29, 1.82) is 0 Å². The smallest absolute Gasteiger partial charge is 0.115 e. The molecule has 2 heteroatoms. The highest BCUT2D eigenvalue weighted by molar-refractivity contribution is 9.10. The van der Waals surface area contributed by atoms with E-state index < -0.39 is 0 Å². The number of phenolic OH excluding ortho intramolecular Hbond substituents is 1. The molecular formula is C9H7BrO. The molecule has 0 bridgehead atoms. The Morgan fingerprint density at radius 3 is 2.91 bits per heavy atom. The fourth-order valence-corrected chi connectivity index (χ4v) is 1.19. The molecule has 1 aromatic carbocycles. The first-order valence-corrected chi connectivity index (χ1v) is 3.94. The number of terminal acetylenes is 1. The highest BCUT2D eigenvalue weighted by Crippen LogP contribution is 2.21. The third-order valence-corrected chi connectivity index (χ3v) is 2.10. The number of benzene rings is 1. The maximum Gasteiger partial charge on any atom is 0.115 e. The zero-order chi connectivity index (χ0) is 8.27. The third kappa shape index (κ3) is 1.99. The molecule has 1 nitrogen and oxygen atoms in total. The highest BCUT2D eigenvalue weighted by Gasteiger charge is 1.98. The molecule has 0 saturated heterocycles. The molecule has 0 radical (unpaired) electrons. The van der Waals surface area contributed by atoms with Gasteiger partial charge in [-0.15, -0.1) is 12.3 Å². The van der Waals surface area contributed by atoms with Crippen molar-refractivity contribution in [2.45, 2.75) is 6.42 Å². The number of rotatable bonds is 1. The van der Waals surface area contributed by atoms with Crippen LogP contribution in [0.5, 0.6) is 5.75 Å². The molecule has 0 amide bonds. The molecule has 1 aromatic rings. The minimum Gasteiger partial charge on any atom is -0.508 e. The Balaban J connectivity index is 3.05. The predicted molar refractivity (Wildman–Crippen MR) is 48.3 cm³/mol. The largest absolute Gasteiger partial charge is 0.508 e. The van der Waals surface area contributed by atoms with Crippen LogP contribution in [0.1, 0.15) is 5.56 Å². The van der Waals surface area contributed by atoms with Crippen LogP contribution in [0.3, 0.4) is 0 Å². The lowest BCUT2D eigenvalue weighted by molar-refractivity contribution is 0.474. The predicted octanol–water partition coefficient (Wildman–Crippen LogP) is 2.33. The van der Waals surface area contributed by atoms with Gasteiger partial charge in [0.25, 0.3) is 0 Å². The summed E-state index contributed by atoms with van der Waals surface area (Å²) >= 11 is 3.32. The van der Waals surface area contributed by atoms with E-state index in [2.05, 4.69) is 21.9 Å². The lowest BCUT2D eigenvalue weighted by Crippen LogP contribution is -1.82. The molecule has 0 aliphatic heterocycles. The Morgan fingerprint density at radius 1 is 1.55 bits per heavy atom. The average molecular weight is 211 g/mol. The van der Waals surface area contributed by atoms with Crippen LogP contribution >= 0.6 is 15.9 Å². The lowest BCUT2D eigenvalue weighted by atomic mass is 10.1. The number of hydrogen-bond acceptors (Lipinski definition) is 1. The number of halogens is 1. The topological polar surface area (TPSA) is 20.2 Å². The summed E-state index contributed by atoms with van der Waals surface area (Å²) in [6.45, 7) is 0. The van der Waals surface area contributed by atoms with E-state index in [4.69, 9.17) is 11.5 Å². The Labute approximate surface area is 74.2 Å². The van der Waals surface area contributed by atoms with Crippen LogP contribution in [0.2, 0.25) is 0 Å². The summed E-state index contributed by atoms with van der Waals surface area (Å²) in [5.41, 5.74) is 0.938. The molecule has 0 atom stereocenters. The van der Waals surface area contributed by atoms with Crippen LogP contribution in [0.15, 0.2) is 22.7 Å². The molecule has 0 saturated carbocycles. The molecule has 11 heavy (non-hydrogen) atoms. The molecule has 1 N–H and O–H groups in total. The summed E-state index contributed by atoms with van der Waals surface area (Å²) in [5, 5.41) is 9.07. The zero-order valence-corrected chi connectivity index (χ0v) is 7.43. The van der Waals surface area contributed by atoms with Crippen molar-refractivity contribution < 1.29 is 5.11 Å². The lowest BCUT2D eigenvalue weighted by Gasteiger charge is -1.99. The molecule has 0 aromatic heterocycles. The van der Waals surface area contributed by atoms with E-state index in [1.165, 1.54) is 0 Å². The van der Waals surface area contributed by atoms with Gasteiger partial charge in [-0.2, -0.15) is 0 Å². The fraction of sp³-hybridized carbons (Fsp3) is 0.111. The molecule has 0 aliphatic rings. The van der Waals surface area contributed by atoms with Gasteiger partial charge in [-0.3, -0.25) is 0 Å². The molecule has 0 heterocycles. The molecular weight excluding hydrogens is 204 g/mol. The van der Waals surface area contributed by atoms with Crippen LogP contribution in [0.4, 0.5) is 0 Å². The van der Waals surface area contributed by atoms with Gasteiger partial charge in [-0.1, -0.05) is 15.9 Å². The van der Waals surface area contributed by atoms with E-state index in [-0.39, 0.29) is 5.75 Å². The summed E-state index contributed by atoms with van der Waals surface area (Å²) < 4.78 is 0.938. The van der Waals surface area contributed by atoms with Crippen molar-refractivity contribution in [2.24, 2.45) is 0 Å². The van der Waals surface area contributed by atoms with Gasteiger partial charge in [0.2, 0.25) is 0 Å². The molecule has 56 valence electrons. The Hall–Kier alpha value is -0.940. The second-order valence-corrected chi connectivity index (χ2v) is 3.01. The number of hydrogen-bond donors (Lipinski definition) is 1. The maximum absolute atomic E-state index is 9.07. The number of phenols is 1. The summed E-state index contributed by atoms with van der Waals surface area (Å²) in [6, 6.07) is 5.05. The van der Waals surface area contributed by atoms with E-state index in [0.717, 1.165) is 10.0 Å². The zero-order valence-electron chi connectivity index (χ0n) is 5.84. The Morgan fingerprint density at radius 2 is 2.27 bits per heavy atom. The first-order chi connectivity index (χ1) is 5.24.